The number of hydrogen-bond donors (Lipinski definition) is 2. The molecular weight excluding hydrogens is 318 g/mol. The van der Waals surface area contributed by atoms with Crippen molar-refractivity contribution < 1.29 is 18.3 Å². The minimum atomic E-state index is -3.71. The highest BCUT2D eigenvalue weighted by Gasteiger charge is 2.23. The number of aromatic carboxylic acids is 1. The summed E-state index contributed by atoms with van der Waals surface area (Å²) in [5, 5.41) is 10.4. The number of thioether (sulfide) groups is 1. The Bertz CT molecular complexity index is 525. The number of carboxylic acid groups (broad SMARTS) is 1. The molecule has 1 heterocycles. The first-order valence-electron chi connectivity index (χ1n) is 6.28. The van der Waals surface area contributed by atoms with Gasteiger partial charge >= 0.3 is 5.97 Å². The maximum atomic E-state index is 12.0. The molecule has 20 heavy (non-hydrogen) atoms. The van der Waals surface area contributed by atoms with E-state index in [2.05, 4.69) is 11.0 Å². The van der Waals surface area contributed by atoms with Gasteiger partial charge in [0.1, 0.15) is 9.77 Å². The van der Waals surface area contributed by atoms with E-state index in [4.69, 9.17) is 5.11 Å². The fraction of sp³-hybridized carbons (Fsp3) is 0.583. The zero-order chi connectivity index (χ0) is 15.0. The molecule has 0 fully saturated rings. The summed E-state index contributed by atoms with van der Waals surface area (Å²) >= 11 is 2.72. The molecule has 1 aromatic rings. The Morgan fingerprint density at radius 2 is 2.05 bits per heavy atom. The Kier molecular flexibility index (Phi) is 7.57. The molecular formula is C12H19NO4S3. The summed E-state index contributed by atoms with van der Waals surface area (Å²) in [4.78, 5) is 10.6. The van der Waals surface area contributed by atoms with E-state index in [1.54, 1.807) is 11.8 Å². The largest absolute Gasteiger partial charge is 0.477 e. The van der Waals surface area contributed by atoms with E-state index in [0.717, 1.165) is 42.8 Å². The van der Waals surface area contributed by atoms with Gasteiger partial charge in [0.05, 0.1) is 0 Å². The van der Waals surface area contributed by atoms with Gasteiger partial charge in [0, 0.05) is 6.54 Å². The van der Waals surface area contributed by atoms with Crippen LogP contribution in [0, 0.1) is 0 Å². The molecule has 0 unspecified atom stereocenters. The normalized spacial score (nSPS) is 11.7. The molecule has 0 aromatic carbocycles. The summed E-state index contributed by atoms with van der Waals surface area (Å²) in [7, 11) is -3.71. The first-order valence-corrected chi connectivity index (χ1v) is 10.0. The molecule has 2 N–H and O–H groups in total. The number of sulfonamides is 1. The Morgan fingerprint density at radius 3 is 2.70 bits per heavy atom. The van der Waals surface area contributed by atoms with Gasteiger partial charge in [-0.1, -0.05) is 12.8 Å². The molecule has 0 atom stereocenters. The maximum absolute atomic E-state index is 12.0. The number of hydrogen-bond acceptors (Lipinski definition) is 5. The second-order valence-corrected chi connectivity index (χ2v) is 7.86. The van der Waals surface area contributed by atoms with Gasteiger partial charge in [-0.05, 0) is 36.3 Å². The van der Waals surface area contributed by atoms with Crippen molar-refractivity contribution in [2.75, 3.05) is 18.6 Å². The third-order valence-electron chi connectivity index (χ3n) is 2.68. The lowest BCUT2D eigenvalue weighted by Crippen LogP contribution is -2.25. The zero-order valence-corrected chi connectivity index (χ0v) is 13.7. The van der Waals surface area contributed by atoms with Gasteiger partial charge in [-0.15, -0.1) is 11.3 Å². The average Bonchev–Trinajstić information content (AvgIpc) is 2.88. The number of rotatable bonds is 10. The van der Waals surface area contributed by atoms with Gasteiger partial charge in [-0.2, -0.15) is 11.8 Å². The standard InChI is InChI=1S/C12H19NO4S3/c1-18-8-5-3-2-4-7-13-20(16,17)10-6-9-19-11(10)12(14)15/h6,9,13H,2-5,7-8H2,1H3,(H,14,15). The van der Waals surface area contributed by atoms with Gasteiger partial charge in [-0.25, -0.2) is 17.9 Å². The predicted molar refractivity (Wildman–Crippen MR) is 83.3 cm³/mol. The lowest BCUT2D eigenvalue weighted by Gasteiger charge is -2.06. The molecule has 0 spiro atoms. The van der Waals surface area contributed by atoms with Crippen LogP contribution in [0.1, 0.15) is 35.4 Å². The molecule has 0 saturated carbocycles. The number of unbranched alkanes of at least 4 members (excludes halogenated alkanes) is 3. The smallest absolute Gasteiger partial charge is 0.347 e. The Morgan fingerprint density at radius 1 is 1.35 bits per heavy atom. The monoisotopic (exact) mass is 337 g/mol. The van der Waals surface area contributed by atoms with E-state index in [9.17, 15) is 13.2 Å². The van der Waals surface area contributed by atoms with Crippen molar-refractivity contribution in [3.63, 3.8) is 0 Å². The second kappa shape index (κ2) is 8.66. The van der Waals surface area contributed by atoms with Crippen molar-refractivity contribution in [1.29, 1.82) is 0 Å². The number of nitrogens with one attached hydrogen (secondary N) is 1. The van der Waals surface area contributed by atoms with Crippen LogP contribution in [0.5, 0.6) is 0 Å². The molecule has 0 saturated heterocycles. The molecule has 0 aliphatic rings. The topological polar surface area (TPSA) is 83.5 Å². The highest BCUT2D eigenvalue weighted by Crippen LogP contribution is 2.21. The van der Waals surface area contributed by atoms with Crippen LogP contribution in [0.4, 0.5) is 0 Å². The van der Waals surface area contributed by atoms with Crippen molar-refractivity contribution in [1.82, 2.24) is 4.72 Å². The Labute approximate surface area is 127 Å². The van der Waals surface area contributed by atoms with Crippen LogP contribution >= 0.6 is 23.1 Å². The number of carboxylic acids is 1. The number of carbonyl (C=O) groups is 1. The van der Waals surface area contributed by atoms with E-state index >= 15 is 0 Å². The first kappa shape index (κ1) is 17.5. The third-order valence-corrected chi connectivity index (χ3v) is 5.91. The van der Waals surface area contributed by atoms with Crippen LogP contribution in [0.15, 0.2) is 16.3 Å². The van der Waals surface area contributed by atoms with E-state index in [1.165, 1.54) is 11.4 Å². The van der Waals surface area contributed by atoms with Crippen molar-refractivity contribution in [2.24, 2.45) is 0 Å². The molecule has 1 aromatic heterocycles. The van der Waals surface area contributed by atoms with Crippen LogP contribution in [0.2, 0.25) is 0 Å². The van der Waals surface area contributed by atoms with Crippen molar-refractivity contribution >= 4 is 39.1 Å². The molecule has 5 nitrogen and oxygen atoms in total. The second-order valence-electron chi connectivity index (χ2n) is 4.22. The van der Waals surface area contributed by atoms with Crippen LogP contribution in [-0.2, 0) is 10.0 Å². The highest BCUT2D eigenvalue weighted by atomic mass is 32.2. The van der Waals surface area contributed by atoms with E-state index in [1.807, 2.05) is 0 Å². The fourth-order valence-electron chi connectivity index (χ4n) is 1.67. The average molecular weight is 337 g/mol. The summed E-state index contributed by atoms with van der Waals surface area (Å²) in [6.07, 6.45) is 6.02. The first-order chi connectivity index (χ1) is 9.49. The molecule has 0 amide bonds. The van der Waals surface area contributed by atoms with Crippen LogP contribution in [0.25, 0.3) is 0 Å². The summed E-state index contributed by atoms with van der Waals surface area (Å²) in [6.45, 7) is 0.344. The maximum Gasteiger partial charge on any atom is 0.347 e. The lowest BCUT2D eigenvalue weighted by molar-refractivity contribution is 0.0698. The minimum Gasteiger partial charge on any atom is -0.477 e. The molecule has 0 radical (unpaired) electrons. The molecule has 8 heteroatoms. The summed E-state index contributed by atoms with van der Waals surface area (Å²) in [5.41, 5.74) is 0. The van der Waals surface area contributed by atoms with Gasteiger partial charge in [0.15, 0.2) is 0 Å². The zero-order valence-electron chi connectivity index (χ0n) is 11.3. The quantitative estimate of drug-likeness (QED) is 0.641. The van der Waals surface area contributed by atoms with E-state index in [0.29, 0.717) is 6.54 Å². The van der Waals surface area contributed by atoms with Crippen LogP contribution in [0.3, 0.4) is 0 Å². The predicted octanol–water partition coefficient (Wildman–Crippen LogP) is 2.65. The Hall–Kier alpha value is -0.570. The van der Waals surface area contributed by atoms with Crippen molar-refractivity contribution in [3.8, 4) is 0 Å². The third kappa shape index (κ3) is 5.43. The number of thiophene rings is 1. The minimum absolute atomic E-state index is 0.141. The van der Waals surface area contributed by atoms with Crippen molar-refractivity contribution in [2.45, 2.75) is 30.6 Å². The SMILES string of the molecule is CSCCCCCCNS(=O)(=O)c1ccsc1C(=O)O. The van der Waals surface area contributed by atoms with Gasteiger partial charge in [0.2, 0.25) is 10.0 Å². The van der Waals surface area contributed by atoms with Crippen LogP contribution < -0.4 is 4.72 Å². The van der Waals surface area contributed by atoms with E-state index in [-0.39, 0.29) is 9.77 Å². The Balaban J connectivity index is 2.42. The lowest BCUT2D eigenvalue weighted by atomic mass is 10.2. The van der Waals surface area contributed by atoms with E-state index < -0.39 is 16.0 Å². The van der Waals surface area contributed by atoms with Crippen molar-refractivity contribution in [3.05, 3.63) is 16.3 Å². The molecule has 1 rings (SSSR count). The summed E-state index contributed by atoms with van der Waals surface area (Å²) in [6, 6.07) is 1.33. The molecule has 114 valence electrons. The summed E-state index contributed by atoms with van der Waals surface area (Å²) in [5.74, 6) is -0.0831. The van der Waals surface area contributed by atoms with Gasteiger partial charge in [-0.3, -0.25) is 0 Å². The molecule has 0 aliphatic carbocycles. The van der Waals surface area contributed by atoms with Gasteiger partial charge < -0.3 is 5.11 Å². The molecule has 0 aliphatic heterocycles. The van der Waals surface area contributed by atoms with Crippen LogP contribution in [-0.4, -0.2) is 38.0 Å². The highest BCUT2D eigenvalue weighted by molar-refractivity contribution is 7.98. The van der Waals surface area contributed by atoms with Gasteiger partial charge in [0.25, 0.3) is 0 Å². The summed E-state index contributed by atoms with van der Waals surface area (Å²) < 4.78 is 26.4. The fourth-order valence-corrected chi connectivity index (χ4v) is 4.50. The molecule has 0 bridgehead atoms.